The zero-order valence-electron chi connectivity index (χ0n) is 18.3. The summed E-state index contributed by atoms with van der Waals surface area (Å²) in [5.74, 6) is 1.34. The average molecular weight is 395 g/mol. The quantitative estimate of drug-likeness (QED) is 0.696. The van der Waals surface area contributed by atoms with Gasteiger partial charge in [-0.3, -0.25) is 4.79 Å². The van der Waals surface area contributed by atoms with E-state index in [1.54, 1.807) is 19.0 Å². The molecule has 0 unspecified atom stereocenters. The van der Waals surface area contributed by atoms with Crippen molar-refractivity contribution in [2.45, 2.75) is 39.7 Å². The van der Waals surface area contributed by atoms with Gasteiger partial charge in [0.15, 0.2) is 0 Å². The Kier molecular flexibility index (Phi) is 5.55. The maximum atomic E-state index is 12.7. The molecule has 0 fully saturated rings. The second kappa shape index (κ2) is 7.78. The van der Waals surface area contributed by atoms with Crippen LogP contribution in [0.5, 0.6) is 5.75 Å². The number of nitrogens with zero attached hydrogens (tertiary/aromatic N) is 3. The molecule has 6 nitrogen and oxygen atoms in total. The number of fused-ring (bicyclic) bond motifs is 3. The van der Waals surface area contributed by atoms with E-state index in [-0.39, 0.29) is 11.5 Å². The van der Waals surface area contributed by atoms with Gasteiger partial charge in [0.2, 0.25) is 5.95 Å². The highest BCUT2D eigenvalue weighted by molar-refractivity contribution is 6.02. The third-order valence-corrected chi connectivity index (χ3v) is 4.86. The predicted octanol–water partition coefficient (Wildman–Crippen LogP) is 4.76. The van der Waals surface area contributed by atoms with E-state index in [2.05, 4.69) is 5.32 Å². The molecule has 154 valence electrons. The third kappa shape index (κ3) is 3.79. The van der Waals surface area contributed by atoms with E-state index in [0.717, 1.165) is 34.7 Å². The maximum absolute atomic E-state index is 12.7. The topological polar surface area (TPSA) is 59.4 Å². The lowest BCUT2D eigenvalue weighted by Crippen LogP contribution is -2.26. The van der Waals surface area contributed by atoms with Crippen LogP contribution >= 0.6 is 0 Å². The number of rotatable bonds is 3. The highest BCUT2D eigenvalue weighted by atomic mass is 16.5. The SMILES string of the molecule is CC.CN(C)C(=O)c1cc2nc(Nc3ccccc3)n(C)c2c2c1OC(C)(C)C2. The van der Waals surface area contributed by atoms with Crippen LogP contribution < -0.4 is 10.1 Å². The monoisotopic (exact) mass is 394 g/mol. The average Bonchev–Trinajstić information content (AvgIpc) is 3.18. The Morgan fingerprint density at radius 3 is 2.48 bits per heavy atom. The molecule has 29 heavy (non-hydrogen) atoms. The van der Waals surface area contributed by atoms with Crippen LogP contribution in [-0.2, 0) is 13.5 Å². The summed E-state index contributed by atoms with van der Waals surface area (Å²) in [6.45, 7) is 8.09. The number of hydrogen-bond acceptors (Lipinski definition) is 4. The van der Waals surface area contributed by atoms with Crippen LogP contribution in [0.2, 0.25) is 0 Å². The molecule has 3 aromatic rings. The first-order chi connectivity index (χ1) is 13.8. The number of benzene rings is 2. The number of hydrogen-bond donors (Lipinski definition) is 1. The van der Waals surface area contributed by atoms with Gasteiger partial charge in [0.05, 0.1) is 16.6 Å². The van der Waals surface area contributed by atoms with E-state index in [0.29, 0.717) is 11.3 Å². The van der Waals surface area contributed by atoms with Crippen molar-refractivity contribution in [3.8, 4) is 5.75 Å². The molecule has 2 heterocycles. The minimum absolute atomic E-state index is 0.0749. The molecule has 1 aliphatic heterocycles. The van der Waals surface area contributed by atoms with Gasteiger partial charge in [0.25, 0.3) is 5.91 Å². The van der Waals surface area contributed by atoms with Crippen LogP contribution in [0.4, 0.5) is 11.6 Å². The van der Waals surface area contributed by atoms with Gasteiger partial charge in [0.1, 0.15) is 11.4 Å². The van der Waals surface area contributed by atoms with Crippen molar-refractivity contribution in [1.29, 1.82) is 0 Å². The number of carbonyl (C=O) groups excluding carboxylic acids is 1. The lowest BCUT2D eigenvalue weighted by Gasteiger charge is -2.19. The van der Waals surface area contributed by atoms with Crippen molar-refractivity contribution in [3.05, 3.63) is 47.5 Å². The van der Waals surface area contributed by atoms with Crippen LogP contribution in [0.15, 0.2) is 36.4 Å². The molecule has 2 aromatic carbocycles. The van der Waals surface area contributed by atoms with Gasteiger partial charge in [-0.1, -0.05) is 32.0 Å². The fourth-order valence-electron chi connectivity index (χ4n) is 3.63. The van der Waals surface area contributed by atoms with Gasteiger partial charge < -0.3 is 19.5 Å². The maximum Gasteiger partial charge on any atom is 0.257 e. The lowest BCUT2D eigenvalue weighted by atomic mass is 9.98. The molecule has 0 spiro atoms. The fraction of sp³-hybridized carbons (Fsp3) is 0.391. The molecule has 1 N–H and O–H groups in total. The number of imidazole rings is 1. The first-order valence-corrected chi connectivity index (χ1v) is 10.0. The summed E-state index contributed by atoms with van der Waals surface area (Å²) in [6, 6.07) is 11.8. The summed E-state index contributed by atoms with van der Waals surface area (Å²) in [6.07, 6.45) is 0.734. The van der Waals surface area contributed by atoms with E-state index in [1.165, 1.54) is 0 Å². The van der Waals surface area contributed by atoms with Crippen LogP contribution in [0, 0.1) is 0 Å². The number of nitrogens with one attached hydrogen (secondary N) is 1. The Hall–Kier alpha value is -3.02. The van der Waals surface area contributed by atoms with Crippen molar-refractivity contribution in [2.75, 3.05) is 19.4 Å². The van der Waals surface area contributed by atoms with E-state index in [4.69, 9.17) is 9.72 Å². The van der Waals surface area contributed by atoms with Gasteiger partial charge >= 0.3 is 0 Å². The highest BCUT2D eigenvalue weighted by Gasteiger charge is 2.37. The van der Waals surface area contributed by atoms with Gasteiger partial charge in [-0.2, -0.15) is 0 Å². The molecule has 6 heteroatoms. The number of aryl methyl sites for hydroxylation is 1. The van der Waals surface area contributed by atoms with Crippen LogP contribution in [0.3, 0.4) is 0 Å². The zero-order chi connectivity index (χ0) is 21.3. The first-order valence-electron chi connectivity index (χ1n) is 10.0. The molecule has 0 saturated heterocycles. The van der Waals surface area contributed by atoms with Gasteiger partial charge in [-0.25, -0.2) is 4.98 Å². The van der Waals surface area contributed by atoms with Crippen LogP contribution in [0.1, 0.15) is 43.6 Å². The Balaban J connectivity index is 0.00000117. The highest BCUT2D eigenvalue weighted by Crippen LogP contribution is 2.43. The van der Waals surface area contributed by atoms with Gasteiger partial charge in [-0.05, 0) is 32.0 Å². The Bertz CT molecular complexity index is 1040. The molecule has 1 aromatic heterocycles. The number of para-hydroxylation sites is 1. The Labute approximate surface area is 172 Å². The van der Waals surface area contributed by atoms with Crippen LogP contribution in [0.25, 0.3) is 11.0 Å². The van der Waals surface area contributed by atoms with E-state index in [9.17, 15) is 4.79 Å². The molecule has 0 bridgehead atoms. The molecule has 0 saturated carbocycles. The largest absolute Gasteiger partial charge is 0.486 e. The summed E-state index contributed by atoms with van der Waals surface area (Å²) >= 11 is 0. The fourth-order valence-corrected chi connectivity index (χ4v) is 3.63. The number of amides is 1. The minimum Gasteiger partial charge on any atom is -0.486 e. The standard InChI is InChI=1S/C21H24N4O2.C2H6/c1-21(2)12-15-17-16(11-14(18(15)27-21)19(26)24(3)4)23-20(25(17)5)22-13-9-7-6-8-10-13;1-2/h6-11H,12H2,1-5H3,(H,22,23);1-2H3. The van der Waals surface area contributed by atoms with Gasteiger partial charge in [-0.15, -0.1) is 0 Å². The summed E-state index contributed by atoms with van der Waals surface area (Å²) in [5, 5.41) is 3.36. The summed E-state index contributed by atoms with van der Waals surface area (Å²) in [4.78, 5) is 19.1. The molecule has 1 amide bonds. The second-order valence-corrected chi connectivity index (χ2v) is 7.82. The van der Waals surface area contributed by atoms with Gasteiger partial charge in [0, 0.05) is 38.8 Å². The van der Waals surface area contributed by atoms with Crippen molar-refractivity contribution in [2.24, 2.45) is 7.05 Å². The molecular weight excluding hydrogens is 364 g/mol. The van der Waals surface area contributed by atoms with E-state index in [1.807, 2.05) is 75.7 Å². The molecule has 4 rings (SSSR count). The lowest BCUT2D eigenvalue weighted by molar-refractivity contribution is 0.0815. The van der Waals surface area contributed by atoms with E-state index < -0.39 is 0 Å². The molecule has 1 aliphatic rings. The predicted molar refractivity (Wildman–Crippen MR) is 118 cm³/mol. The van der Waals surface area contributed by atoms with E-state index >= 15 is 0 Å². The molecular formula is C23H30N4O2. The number of ether oxygens (including phenoxy) is 1. The summed E-state index contributed by atoms with van der Waals surface area (Å²) in [5.41, 5.74) is 4.02. The first kappa shape index (κ1) is 20.7. The normalized spacial score (nSPS) is 13.9. The van der Waals surface area contributed by atoms with Crippen molar-refractivity contribution in [1.82, 2.24) is 14.5 Å². The van der Waals surface area contributed by atoms with Crippen molar-refractivity contribution < 1.29 is 9.53 Å². The third-order valence-electron chi connectivity index (χ3n) is 4.86. The second-order valence-electron chi connectivity index (χ2n) is 7.82. The number of anilines is 2. The molecule has 0 atom stereocenters. The molecule has 0 radical (unpaired) electrons. The zero-order valence-corrected chi connectivity index (χ0v) is 18.3. The number of aromatic nitrogens is 2. The minimum atomic E-state index is -0.352. The number of carbonyl (C=O) groups is 1. The van der Waals surface area contributed by atoms with Crippen molar-refractivity contribution >= 4 is 28.6 Å². The summed E-state index contributed by atoms with van der Waals surface area (Å²) in [7, 11) is 5.49. The molecule has 0 aliphatic carbocycles. The Morgan fingerprint density at radius 1 is 1.21 bits per heavy atom. The summed E-state index contributed by atoms with van der Waals surface area (Å²) < 4.78 is 8.22. The smallest absolute Gasteiger partial charge is 0.257 e. The van der Waals surface area contributed by atoms with Crippen LogP contribution in [-0.4, -0.2) is 40.1 Å². The Morgan fingerprint density at radius 2 is 1.86 bits per heavy atom. The van der Waals surface area contributed by atoms with Crippen molar-refractivity contribution in [3.63, 3.8) is 0 Å².